The molecule has 0 fully saturated rings. The Labute approximate surface area is 157 Å². The quantitative estimate of drug-likeness (QED) is 0.729. The predicted octanol–water partition coefficient (Wildman–Crippen LogP) is 2.17. The van der Waals surface area contributed by atoms with Gasteiger partial charge in [-0.25, -0.2) is 4.79 Å². The van der Waals surface area contributed by atoms with Crippen molar-refractivity contribution < 1.29 is 23.9 Å². The van der Waals surface area contributed by atoms with Crippen molar-refractivity contribution in [1.82, 2.24) is 5.32 Å². The fourth-order valence-electron chi connectivity index (χ4n) is 2.52. The highest BCUT2D eigenvalue weighted by Crippen LogP contribution is 2.15. The molecule has 0 saturated carbocycles. The van der Waals surface area contributed by atoms with Gasteiger partial charge in [0.2, 0.25) is 5.91 Å². The van der Waals surface area contributed by atoms with Crippen molar-refractivity contribution in [2.24, 2.45) is 0 Å². The van der Waals surface area contributed by atoms with Gasteiger partial charge in [-0.1, -0.05) is 12.1 Å². The maximum atomic E-state index is 12.5. The van der Waals surface area contributed by atoms with Crippen LogP contribution in [0.1, 0.15) is 22.8 Å². The van der Waals surface area contributed by atoms with Gasteiger partial charge < -0.3 is 20.1 Å². The summed E-state index contributed by atoms with van der Waals surface area (Å²) in [5, 5.41) is 5.31. The Kier molecular flexibility index (Phi) is 6.93. The van der Waals surface area contributed by atoms with Crippen molar-refractivity contribution in [3.05, 3.63) is 59.7 Å². The first-order chi connectivity index (χ1) is 12.9. The highest BCUT2D eigenvalue weighted by Gasteiger charge is 2.23. The molecule has 0 aliphatic rings. The fraction of sp³-hybridized carbons (Fsp3) is 0.250. The second-order valence-electron chi connectivity index (χ2n) is 5.86. The number of hydrogen-bond acceptors (Lipinski definition) is 5. The van der Waals surface area contributed by atoms with Gasteiger partial charge in [0.1, 0.15) is 11.8 Å². The van der Waals surface area contributed by atoms with Crippen LogP contribution in [0.15, 0.2) is 48.5 Å². The van der Waals surface area contributed by atoms with E-state index < -0.39 is 17.9 Å². The molecule has 0 saturated heterocycles. The molecule has 0 heterocycles. The molecule has 0 unspecified atom stereocenters. The number of rotatable bonds is 7. The predicted molar refractivity (Wildman–Crippen MR) is 101 cm³/mol. The first-order valence-corrected chi connectivity index (χ1v) is 8.32. The molecule has 2 amide bonds. The molecule has 0 spiro atoms. The lowest BCUT2D eigenvalue weighted by atomic mass is 10.0. The number of carbonyl (C=O) groups is 3. The first-order valence-electron chi connectivity index (χ1n) is 8.32. The summed E-state index contributed by atoms with van der Waals surface area (Å²) in [6, 6.07) is 12.8. The minimum atomic E-state index is -0.843. The fourth-order valence-corrected chi connectivity index (χ4v) is 2.52. The molecule has 7 nitrogen and oxygen atoms in total. The Morgan fingerprint density at radius 3 is 2.33 bits per heavy atom. The number of carbonyl (C=O) groups excluding carboxylic acids is 3. The van der Waals surface area contributed by atoms with Crippen LogP contribution in [0.4, 0.5) is 5.69 Å². The summed E-state index contributed by atoms with van der Waals surface area (Å²) < 4.78 is 9.99. The van der Waals surface area contributed by atoms with Gasteiger partial charge in [0, 0.05) is 24.6 Å². The molecule has 2 aromatic carbocycles. The number of amides is 2. The van der Waals surface area contributed by atoms with E-state index in [1.165, 1.54) is 14.0 Å². The number of nitrogens with one attached hydrogen (secondary N) is 2. The SMILES string of the molecule is COC(=O)[C@@H](Cc1cccc(OC)c1)NC(=O)c1ccc(NC(C)=O)cc1. The largest absolute Gasteiger partial charge is 0.497 e. The Bertz CT molecular complexity index is 817. The average molecular weight is 370 g/mol. The second-order valence-corrected chi connectivity index (χ2v) is 5.86. The van der Waals surface area contributed by atoms with Gasteiger partial charge in [-0.3, -0.25) is 9.59 Å². The highest BCUT2D eigenvalue weighted by atomic mass is 16.5. The molecule has 2 rings (SSSR count). The summed E-state index contributed by atoms with van der Waals surface area (Å²) in [4.78, 5) is 35.6. The van der Waals surface area contributed by atoms with Gasteiger partial charge in [-0.15, -0.1) is 0 Å². The van der Waals surface area contributed by atoms with Crippen LogP contribution in [-0.4, -0.2) is 38.0 Å². The van der Waals surface area contributed by atoms with E-state index in [1.807, 2.05) is 12.1 Å². The van der Waals surface area contributed by atoms with Crippen LogP contribution in [0.25, 0.3) is 0 Å². The number of methoxy groups -OCH3 is 2. The van der Waals surface area contributed by atoms with Crippen molar-refractivity contribution >= 4 is 23.5 Å². The van der Waals surface area contributed by atoms with Gasteiger partial charge in [0.05, 0.1) is 14.2 Å². The van der Waals surface area contributed by atoms with Crippen LogP contribution in [0.3, 0.4) is 0 Å². The van der Waals surface area contributed by atoms with Crippen molar-refractivity contribution in [3.8, 4) is 5.75 Å². The normalized spacial score (nSPS) is 11.2. The number of hydrogen-bond donors (Lipinski definition) is 2. The Morgan fingerprint density at radius 1 is 1.04 bits per heavy atom. The maximum Gasteiger partial charge on any atom is 0.328 e. The summed E-state index contributed by atoms with van der Waals surface area (Å²) in [5.41, 5.74) is 1.77. The van der Waals surface area contributed by atoms with E-state index in [0.29, 0.717) is 17.0 Å². The lowest BCUT2D eigenvalue weighted by Crippen LogP contribution is -2.43. The molecular weight excluding hydrogens is 348 g/mol. The molecule has 2 N–H and O–H groups in total. The van der Waals surface area contributed by atoms with Crippen LogP contribution in [0.5, 0.6) is 5.75 Å². The van der Waals surface area contributed by atoms with Crippen LogP contribution in [0, 0.1) is 0 Å². The lowest BCUT2D eigenvalue weighted by molar-refractivity contribution is -0.142. The van der Waals surface area contributed by atoms with Gasteiger partial charge in [-0.2, -0.15) is 0 Å². The molecule has 0 radical (unpaired) electrons. The summed E-state index contributed by atoms with van der Waals surface area (Å²) in [7, 11) is 2.83. The van der Waals surface area contributed by atoms with Gasteiger partial charge in [0.25, 0.3) is 5.91 Å². The molecule has 1 atom stereocenters. The van der Waals surface area contributed by atoms with Gasteiger partial charge >= 0.3 is 5.97 Å². The van der Waals surface area contributed by atoms with Gasteiger partial charge in [0.15, 0.2) is 0 Å². The zero-order chi connectivity index (χ0) is 19.8. The monoisotopic (exact) mass is 370 g/mol. The smallest absolute Gasteiger partial charge is 0.328 e. The molecule has 142 valence electrons. The molecule has 2 aromatic rings. The zero-order valence-electron chi connectivity index (χ0n) is 15.4. The average Bonchev–Trinajstić information content (AvgIpc) is 2.67. The third-order valence-corrected chi connectivity index (χ3v) is 3.83. The van der Waals surface area contributed by atoms with E-state index in [-0.39, 0.29) is 12.3 Å². The van der Waals surface area contributed by atoms with Crippen molar-refractivity contribution in [2.75, 3.05) is 19.5 Å². The second kappa shape index (κ2) is 9.38. The minimum absolute atomic E-state index is 0.198. The number of esters is 1. The maximum absolute atomic E-state index is 12.5. The number of benzene rings is 2. The lowest BCUT2D eigenvalue weighted by Gasteiger charge is -2.17. The Hall–Kier alpha value is -3.35. The number of anilines is 1. The van der Waals surface area contributed by atoms with Gasteiger partial charge in [-0.05, 0) is 42.0 Å². The Morgan fingerprint density at radius 2 is 1.74 bits per heavy atom. The van der Waals surface area contributed by atoms with E-state index in [9.17, 15) is 14.4 Å². The standard InChI is InChI=1S/C20H22N2O5/c1-13(23)21-16-9-7-15(8-10-16)19(24)22-18(20(25)27-3)12-14-5-4-6-17(11-14)26-2/h4-11,18H,12H2,1-3H3,(H,21,23)(H,22,24)/t18-/m1/s1. The Balaban J connectivity index is 2.11. The summed E-state index contributed by atoms with van der Waals surface area (Å²) in [6.45, 7) is 1.40. The van der Waals surface area contributed by atoms with Crippen molar-refractivity contribution in [2.45, 2.75) is 19.4 Å². The molecule has 0 bridgehead atoms. The molecule has 0 aliphatic carbocycles. The molecule has 7 heteroatoms. The van der Waals surface area contributed by atoms with Crippen LogP contribution < -0.4 is 15.4 Å². The molecule has 27 heavy (non-hydrogen) atoms. The van der Waals surface area contributed by atoms with E-state index >= 15 is 0 Å². The summed E-state index contributed by atoms with van der Waals surface area (Å²) in [5.74, 6) is -0.490. The third-order valence-electron chi connectivity index (χ3n) is 3.83. The van der Waals surface area contributed by atoms with E-state index in [2.05, 4.69) is 10.6 Å². The molecule has 0 aliphatic heterocycles. The summed E-state index contributed by atoms with van der Waals surface area (Å²) >= 11 is 0. The number of ether oxygens (including phenoxy) is 2. The first kappa shape index (κ1) is 20.0. The topological polar surface area (TPSA) is 93.7 Å². The summed E-state index contributed by atoms with van der Waals surface area (Å²) in [6.07, 6.45) is 0.263. The van der Waals surface area contributed by atoms with E-state index in [4.69, 9.17) is 9.47 Å². The van der Waals surface area contributed by atoms with Crippen LogP contribution in [0.2, 0.25) is 0 Å². The zero-order valence-corrected chi connectivity index (χ0v) is 15.4. The van der Waals surface area contributed by atoms with Crippen LogP contribution in [-0.2, 0) is 20.7 Å². The molecular formula is C20H22N2O5. The van der Waals surface area contributed by atoms with E-state index in [0.717, 1.165) is 5.56 Å². The van der Waals surface area contributed by atoms with Crippen molar-refractivity contribution in [3.63, 3.8) is 0 Å². The third kappa shape index (κ3) is 5.85. The van der Waals surface area contributed by atoms with Crippen molar-refractivity contribution in [1.29, 1.82) is 0 Å². The van der Waals surface area contributed by atoms with Crippen LogP contribution >= 0.6 is 0 Å². The molecule has 0 aromatic heterocycles. The van der Waals surface area contributed by atoms with E-state index in [1.54, 1.807) is 43.5 Å². The minimum Gasteiger partial charge on any atom is -0.497 e. The highest BCUT2D eigenvalue weighted by molar-refractivity contribution is 5.97.